The highest BCUT2D eigenvalue weighted by Crippen LogP contribution is 2.24. The Morgan fingerprint density at radius 2 is 1.83 bits per heavy atom. The molecule has 6 heteroatoms. The van der Waals surface area contributed by atoms with Gasteiger partial charge in [-0.05, 0) is 41.8 Å². The van der Waals surface area contributed by atoms with Crippen molar-refractivity contribution in [1.29, 1.82) is 0 Å². The number of nitrogens with one attached hydrogen (secondary N) is 2. The van der Waals surface area contributed by atoms with E-state index in [1.807, 2.05) is 42.5 Å². The fourth-order valence-corrected chi connectivity index (χ4v) is 3.17. The lowest BCUT2D eigenvalue weighted by Gasteiger charge is -2.27. The maximum absolute atomic E-state index is 12.1. The van der Waals surface area contributed by atoms with Gasteiger partial charge in [0.15, 0.2) is 5.96 Å². The second-order valence-corrected chi connectivity index (χ2v) is 8.33. The molecule has 1 amide bonds. The number of carbonyl (C=O) groups excluding carboxylic acids is 1. The molecule has 0 aliphatic rings. The van der Waals surface area contributed by atoms with E-state index in [1.54, 1.807) is 26.0 Å². The van der Waals surface area contributed by atoms with Crippen LogP contribution in [0.4, 0.5) is 0 Å². The van der Waals surface area contributed by atoms with Crippen LogP contribution in [0.15, 0.2) is 53.5 Å². The third kappa shape index (κ3) is 6.79. The number of halogens is 1. The minimum absolute atomic E-state index is 0.0144. The molecule has 0 aromatic heterocycles. The summed E-state index contributed by atoms with van der Waals surface area (Å²) >= 11 is 6.14. The molecule has 2 rings (SSSR count). The molecule has 0 atom stereocenters. The number of hydrogen-bond acceptors (Lipinski definition) is 2. The van der Waals surface area contributed by atoms with Crippen LogP contribution in [0.25, 0.3) is 0 Å². The fourth-order valence-electron chi connectivity index (χ4n) is 2.98. The maximum Gasteiger partial charge on any atom is 0.253 e. The van der Waals surface area contributed by atoms with Crippen LogP contribution in [0.2, 0.25) is 5.02 Å². The second kappa shape index (κ2) is 10.3. The van der Waals surface area contributed by atoms with Crippen LogP contribution in [0.1, 0.15) is 35.3 Å². The standard InChI is InChI=1S/C23H31ClN4O/c1-23(2,19-10-7-11-20(24)15-19)16-27-22(25-3)26-13-12-17-8-6-9-18(14-17)21(29)28(4)5/h6-11,14-15H,12-13,16H2,1-5H3,(H2,25,26,27). The highest BCUT2D eigenvalue weighted by molar-refractivity contribution is 6.30. The van der Waals surface area contributed by atoms with Gasteiger partial charge in [0.25, 0.3) is 5.91 Å². The van der Waals surface area contributed by atoms with Gasteiger partial charge in [-0.15, -0.1) is 0 Å². The van der Waals surface area contributed by atoms with E-state index in [0.29, 0.717) is 5.56 Å². The highest BCUT2D eigenvalue weighted by atomic mass is 35.5. The topological polar surface area (TPSA) is 56.7 Å². The van der Waals surface area contributed by atoms with Crippen molar-refractivity contribution in [1.82, 2.24) is 15.5 Å². The van der Waals surface area contributed by atoms with Gasteiger partial charge in [0.05, 0.1) is 0 Å². The Balaban J connectivity index is 1.88. The quantitative estimate of drug-likeness (QED) is 0.536. The van der Waals surface area contributed by atoms with E-state index in [2.05, 4.69) is 35.5 Å². The van der Waals surface area contributed by atoms with E-state index >= 15 is 0 Å². The lowest BCUT2D eigenvalue weighted by molar-refractivity contribution is 0.0827. The van der Waals surface area contributed by atoms with E-state index < -0.39 is 0 Å². The van der Waals surface area contributed by atoms with Crippen molar-refractivity contribution in [2.45, 2.75) is 25.7 Å². The molecular formula is C23H31ClN4O. The number of amides is 1. The highest BCUT2D eigenvalue weighted by Gasteiger charge is 2.21. The minimum atomic E-state index is -0.0939. The predicted molar refractivity (Wildman–Crippen MR) is 122 cm³/mol. The molecule has 0 saturated heterocycles. The van der Waals surface area contributed by atoms with Crippen LogP contribution >= 0.6 is 11.6 Å². The molecule has 156 valence electrons. The summed E-state index contributed by atoms with van der Waals surface area (Å²) in [5, 5.41) is 7.48. The van der Waals surface area contributed by atoms with Gasteiger partial charge < -0.3 is 15.5 Å². The molecule has 0 fully saturated rings. The molecule has 2 aromatic carbocycles. The zero-order chi connectivity index (χ0) is 21.4. The number of guanidine groups is 1. The Morgan fingerprint density at radius 3 is 2.48 bits per heavy atom. The van der Waals surface area contributed by atoms with Gasteiger partial charge in [-0.2, -0.15) is 0 Å². The lowest BCUT2D eigenvalue weighted by atomic mass is 9.84. The average molecular weight is 415 g/mol. The van der Waals surface area contributed by atoms with Gasteiger partial charge >= 0.3 is 0 Å². The summed E-state index contributed by atoms with van der Waals surface area (Å²) in [5.74, 6) is 0.765. The van der Waals surface area contributed by atoms with E-state index in [9.17, 15) is 4.79 Å². The summed E-state index contributed by atoms with van der Waals surface area (Å²) in [6.07, 6.45) is 0.799. The first-order valence-electron chi connectivity index (χ1n) is 9.74. The van der Waals surface area contributed by atoms with Crippen LogP contribution in [0.5, 0.6) is 0 Å². The molecule has 0 unspecified atom stereocenters. The summed E-state index contributed by atoms with van der Waals surface area (Å²) in [5.41, 5.74) is 2.90. The number of carbonyl (C=O) groups is 1. The third-order valence-corrected chi connectivity index (χ3v) is 5.05. The van der Waals surface area contributed by atoms with Crippen LogP contribution in [0.3, 0.4) is 0 Å². The summed E-state index contributed by atoms with van der Waals surface area (Å²) in [7, 11) is 5.28. The molecule has 0 heterocycles. The van der Waals surface area contributed by atoms with Gasteiger partial charge in [0.1, 0.15) is 0 Å². The zero-order valence-electron chi connectivity index (χ0n) is 17.9. The largest absolute Gasteiger partial charge is 0.356 e. The van der Waals surface area contributed by atoms with Crippen molar-refractivity contribution in [3.05, 3.63) is 70.2 Å². The molecule has 0 saturated carbocycles. The molecule has 29 heavy (non-hydrogen) atoms. The molecular weight excluding hydrogens is 384 g/mol. The first-order valence-corrected chi connectivity index (χ1v) is 10.1. The molecule has 0 aliphatic heterocycles. The molecule has 2 aromatic rings. The molecule has 0 bridgehead atoms. The average Bonchev–Trinajstić information content (AvgIpc) is 2.70. The van der Waals surface area contributed by atoms with Crippen molar-refractivity contribution < 1.29 is 4.79 Å². The first kappa shape index (κ1) is 22.8. The molecule has 0 radical (unpaired) electrons. The molecule has 0 spiro atoms. The summed E-state index contributed by atoms with van der Waals surface area (Å²) in [6, 6.07) is 15.7. The maximum atomic E-state index is 12.1. The predicted octanol–water partition coefficient (Wildman–Crippen LogP) is 3.73. The summed E-state index contributed by atoms with van der Waals surface area (Å²) in [6.45, 7) is 5.79. The Hall–Kier alpha value is -2.53. The lowest BCUT2D eigenvalue weighted by Crippen LogP contribution is -2.44. The van der Waals surface area contributed by atoms with Gasteiger partial charge in [0.2, 0.25) is 0 Å². The Kier molecular flexibility index (Phi) is 8.09. The van der Waals surface area contributed by atoms with E-state index in [-0.39, 0.29) is 11.3 Å². The minimum Gasteiger partial charge on any atom is -0.356 e. The van der Waals surface area contributed by atoms with Gasteiger partial charge in [-0.1, -0.05) is 49.7 Å². The van der Waals surface area contributed by atoms with Crippen molar-refractivity contribution in [3.8, 4) is 0 Å². The zero-order valence-corrected chi connectivity index (χ0v) is 18.7. The first-order chi connectivity index (χ1) is 13.7. The number of nitrogens with zero attached hydrogens (tertiary/aromatic N) is 2. The van der Waals surface area contributed by atoms with Crippen molar-refractivity contribution >= 4 is 23.5 Å². The molecule has 5 nitrogen and oxygen atoms in total. The third-order valence-electron chi connectivity index (χ3n) is 4.81. The van der Waals surface area contributed by atoms with E-state index in [0.717, 1.165) is 36.1 Å². The molecule has 0 aliphatic carbocycles. The van der Waals surface area contributed by atoms with Crippen molar-refractivity contribution in [2.24, 2.45) is 4.99 Å². The van der Waals surface area contributed by atoms with E-state index in [1.165, 1.54) is 5.56 Å². The monoisotopic (exact) mass is 414 g/mol. The number of aliphatic imine (C=N–C) groups is 1. The fraction of sp³-hybridized carbons (Fsp3) is 0.391. The van der Waals surface area contributed by atoms with Crippen LogP contribution in [-0.4, -0.2) is 51.0 Å². The summed E-state index contributed by atoms with van der Waals surface area (Å²) < 4.78 is 0. The molecule has 2 N–H and O–H groups in total. The number of rotatable bonds is 7. The second-order valence-electron chi connectivity index (χ2n) is 7.90. The van der Waals surface area contributed by atoms with Crippen molar-refractivity contribution in [3.63, 3.8) is 0 Å². The summed E-state index contributed by atoms with van der Waals surface area (Å²) in [4.78, 5) is 18.0. The van der Waals surface area contributed by atoms with Gasteiger partial charge in [0, 0.05) is 50.2 Å². The van der Waals surface area contributed by atoms with E-state index in [4.69, 9.17) is 11.6 Å². The number of hydrogen-bond donors (Lipinski definition) is 2. The smallest absolute Gasteiger partial charge is 0.253 e. The Bertz CT molecular complexity index is 861. The van der Waals surface area contributed by atoms with Gasteiger partial charge in [-0.3, -0.25) is 9.79 Å². The van der Waals surface area contributed by atoms with Gasteiger partial charge in [-0.25, -0.2) is 0 Å². The normalized spacial score (nSPS) is 11.9. The van der Waals surface area contributed by atoms with Crippen LogP contribution in [-0.2, 0) is 11.8 Å². The Morgan fingerprint density at radius 1 is 1.10 bits per heavy atom. The number of benzene rings is 2. The van der Waals surface area contributed by atoms with Crippen LogP contribution in [0, 0.1) is 0 Å². The Labute approximate surface area is 179 Å². The SMILES string of the molecule is CN=C(NCCc1cccc(C(=O)N(C)C)c1)NCC(C)(C)c1cccc(Cl)c1. The van der Waals surface area contributed by atoms with Crippen LogP contribution < -0.4 is 10.6 Å². The van der Waals surface area contributed by atoms with Crippen molar-refractivity contribution in [2.75, 3.05) is 34.2 Å².